The molecule has 2 aromatic rings. The first kappa shape index (κ1) is 12.0. The molecule has 0 aliphatic heterocycles. The molecule has 2 heterocycles. The van der Waals surface area contributed by atoms with Gasteiger partial charge in [0.2, 0.25) is 0 Å². The zero-order valence-electron chi connectivity index (χ0n) is 9.89. The lowest BCUT2D eigenvalue weighted by Gasteiger charge is -2.06. The highest BCUT2D eigenvalue weighted by Gasteiger charge is 2.07. The summed E-state index contributed by atoms with van der Waals surface area (Å²) in [7, 11) is 0. The number of hydrogen-bond donors (Lipinski definition) is 0. The topological polar surface area (TPSA) is 38.7 Å². The lowest BCUT2D eigenvalue weighted by Crippen LogP contribution is -2.01. The molecule has 0 saturated heterocycles. The summed E-state index contributed by atoms with van der Waals surface area (Å²) in [6.45, 7) is 4.30. The Balaban J connectivity index is 2.38. The van der Waals surface area contributed by atoms with Gasteiger partial charge < -0.3 is 0 Å². The summed E-state index contributed by atoms with van der Waals surface area (Å²) < 4.78 is 0. The fourth-order valence-corrected chi connectivity index (χ4v) is 1.80. The van der Waals surface area contributed by atoms with Crippen molar-refractivity contribution in [3.8, 4) is 11.5 Å². The standard InChI is InChI=1S/C13H14ClN3/c1-9(2)7-10-8-12(14)17-13(16-10)11-5-3-4-6-15-11/h3-6,8-9H,7H2,1-2H3. The van der Waals surface area contributed by atoms with Crippen molar-refractivity contribution in [1.29, 1.82) is 0 Å². The molecule has 88 valence electrons. The highest BCUT2D eigenvalue weighted by Crippen LogP contribution is 2.17. The lowest BCUT2D eigenvalue weighted by molar-refractivity contribution is 0.634. The van der Waals surface area contributed by atoms with Gasteiger partial charge in [-0.1, -0.05) is 31.5 Å². The van der Waals surface area contributed by atoms with Crippen molar-refractivity contribution in [2.24, 2.45) is 5.92 Å². The van der Waals surface area contributed by atoms with Gasteiger partial charge in [0.05, 0.1) is 0 Å². The molecule has 0 radical (unpaired) electrons. The minimum Gasteiger partial charge on any atom is -0.253 e. The summed E-state index contributed by atoms with van der Waals surface area (Å²) in [5.74, 6) is 1.13. The Morgan fingerprint density at radius 3 is 2.71 bits per heavy atom. The molecule has 0 amide bonds. The van der Waals surface area contributed by atoms with Crippen molar-refractivity contribution in [2.45, 2.75) is 20.3 Å². The highest BCUT2D eigenvalue weighted by molar-refractivity contribution is 6.29. The summed E-state index contributed by atoms with van der Waals surface area (Å²) in [6.07, 6.45) is 2.61. The van der Waals surface area contributed by atoms with E-state index in [1.807, 2.05) is 24.3 Å². The maximum Gasteiger partial charge on any atom is 0.179 e. The normalized spacial score (nSPS) is 10.8. The van der Waals surface area contributed by atoms with Gasteiger partial charge in [-0.2, -0.15) is 0 Å². The molecule has 3 nitrogen and oxygen atoms in total. The van der Waals surface area contributed by atoms with Crippen molar-refractivity contribution in [1.82, 2.24) is 15.0 Å². The van der Waals surface area contributed by atoms with E-state index in [1.165, 1.54) is 0 Å². The molecule has 0 saturated carbocycles. The van der Waals surface area contributed by atoms with Crippen LogP contribution in [-0.2, 0) is 6.42 Å². The van der Waals surface area contributed by atoms with Crippen molar-refractivity contribution in [2.75, 3.05) is 0 Å². The van der Waals surface area contributed by atoms with Crippen LogP contribution in [-0.4, -0.2) is 15.0 Å². The number of nitrogens with zero attached hydrogens (tertiary/aromatic N) is 3. The first-order valence-corrected chi connectivity index (χ1v) is 5.98. The van der Waals surface area contributed by atoms with Crippen molar-refractivity contribution in [3.05, 3.63) is 41.3 Å². The van der Waals surface area contributed by atoms with Gasteiger partial charge >= 0.3 is 0 Å². The van der Waals surface area contributed by atoms with E-state index in [4.69, 9.17) is 11.6 Å². The van der Waals surface area contributed by atoms with E-state index in [0.717, 1.165) is 17.8 Å². The van der Waals surface area contributed by atoms with Crippen LogP contribution in [0.4, 0.5) is 0 Å². The van der Waals surface area contributed by atoms with Crippen molar-refractivity contribution >= 4 is 11.6 Å². The smallest absolute Gasteiger partial charge is 0.179 e. The van der Waals surface area contributed by atoms with Gasteiger partial charge in [-0.25, -0.2) is 9.97 Å². The Morgan fingerprint density at radius 2 is 2.06 bits per heavy atom. The Kier molecular flexibility index (Phi) is 3.69. The molecule has 2 rings (SSSR count). The Labute approximate surface area is 106 Å². The predicted octanol–water partition coefficient (Wildman–Crippen LogP) is 3.39. The first-order chi connectivity index (χ1) is 8.15. The summed E-state index contributed by atoms with van der Waals surface area (Å²) in [6, 6.07) is 7.47. The molecule has 0 bridgehead atoms. The molecule has 0 aliphatic rings. The van der Waals surface area contributed by atoms with Crippen LogP contribution in [0, 0.1) is 5.92 Å². The Morgan fingerprint density at radius 1 is 1.24 bits per heavy atom. The second-order valence-electron chi connectivity index (χ2n) is 4.32. The van der Waals surface area contributed by atoms with Crippen LogP contribution in [0.25, 0.3) is 11.5 Å². The molecule has 0 unspecified atom stereocenters. The summed E-state index contributed by atoms with van der Waals surface area (Å²) >= 11 is 6.00. The average molecular weight is 248 g/mol. The quantitative estimate of drug-likeness (QED) is 0.781. The fraction of sp³-hybridized carbons (Fsp3) is 0.308. The maximum atomic E-state index is 6.00. The monoisotopic (exact) mass is 247 g/mol. The van der Waals surface area contributed by atoms with Crippen LogP contribution in [0.5, 0.6) is 0 Å². The predicted molar refractivity (Wildman–Crippen MR) is 68.8 cm³/mol. The zero-order valence-corrected chi connectivity index (χ0v) is 10.6. The van der Waals surface area contributed by atoms with Gasteiger partial charge in [0.1, 0.15) is 10.8 Å². The second-order valence-corrected chi connectivity index (χ2v) is 4.71. The number of pyridine rings is 1. The molecule has 4 heteroatoms. The largest absolute Gasteiger partial charge is 0.253 e. The van der Waals surface area contributed by atoms with E-state index in [0.29, 0.717) is 16.9 Å². The third-order valence-corrected chi connectivity index (χ3v) is 2.45. The van der Waals surface area contributed by atoms with Gasteiger partial charge in [-0.05, 0) is 30.5 Å². The van der Waals surface area contributed by atoms with E-state index in [-0.39, 0.29) is 0 Å². The van der Waals surface area contributed by atoms with Crippen molar-refractivity contribution in [3.63, 3.8) is 0 Å². The molecule has 17 heavy (non-hydrogen) atoms. The summed E-state index contributed by atoms with van der Waals surface area (Å²) in [5.41, 5.74) is 1.71. The number of halogens is 1. The van der Waals surface area contributed by atoms with Crippen LogP contribution >= 0.6 is 11.6 Å². The average Bonchev–Trinajstić information content (AvgIpc) is 2.28. The third-order valence-electron chi connectivity index (χ3n) is 2.26. The lowest BCUT2D eigenvalue weighted by atomic mass is 10.1. The molecule has 0 atom stereocenters. The van der Waals surface area contributed by atoms with Gasteiger partial charge in [0, 0.05) is 11.9 Å². The van der Waals surface area contributed by atoms with Crippen LogP contribution in [0.2, 0.25) is 5.15 Å². The number of hydrogen-bond acceptors (Lipinski definition) is 3. The first-order valence-electron chi connectivity index (χ1n) is 5.60. The number of aromatic nitrogens is 3. The Hall–Kier alpha value is -1.48. The van der Waals surface area contributed by atoms with Crippen LogP contribution < -0.4 is 0 Å². The minimum atomic E-state index is 0.469. The van der Waals surface area contributed by atoms with Gasteiger partial charge in [-0.15, -0.1) is 0 Å². The highest BCUT2D eigenvalue weighted by atomic mass is 35.5. The molecule has 0 N–H and O–H groups in total. The van der Waals surface area contributed by atoms with Crippen LogP contribution in [0.15, 0.2) is 30.5 Å². The van der Waals surface area contributed by atoms with E-state index in [1.54, 1.807) is 6.20 Å². The van der Waals surface area contributed by atoms with Gasteiger partial charge in [0.15, 0.2) is 5.82 Å². The molecule has 0 aliphatic carbocycles. The second kappa shape index (κ2) is 5.23. The molecule has 2 aromatic heterocycles. The van der Waals surface area contributed by atoms with E-state index < -0.39 is 0 Å². The van der Waals surface area contributed by atoms with E-state index >= 15 is 0 Å². The van der Waals surface area contributed by atoms with E-state index in [2.05, 4.69) is 28.8 Å². The number of rotatable bonds is 3. The molecular weight excluding hydrogens is 234 g/mol. The summed E-state index contributed by atoms with van der Waals surface area (Å²) in [5, 5.41) is 0.469. The maximum absolute atomic E-state index is 6.00. The zero-order chi connectivity index (χ0) is 12.3. The van der Waals surface area contributed by atoms with Gasteiger partial charge in [0.25, 0.3) is 0 Å². The van der Waals surface area contributed by atoms with Gasteiger partial charge in [-0.3, -0.25) is 4.98 Å². The summed E-state index contributed by atoms with van der Waals surface area (Å²) in [4.78, 5) is 12.9. The van der Waals surface area contributed by atoms with E-state index in [9.17, 15) is 0 Å². The minimum absolute atomic E-state index is 0.469. The van der Waals surface area contributed by atoms with Crippen molar-refractivity contribution < 1.29 is 0 Å². The third kappa shape index (κ3) is 3.24. The Bertz CT molecular complexity index is 497. The SMILES string of the molecule is CC(C)Cc1cc(Cl)nc(-c2ccccn2)n1. The molecular formula is C13H14ClN3. The molecule has 0 fully saturated rings. The fourth-order valence-electron chi connectivity index (χ4n) is 1.60. The van der Waals surface area contributed by atoms with Crippen LogP contribution in [0.1, 0.15) is 19.5 Å². The van der Waals surface area contributed by atoms with Crippen LogP contribution in [0.3, 0.4) is 0 Å². The molecule has 0 spiro atoms. The molecule has 0 aromatic carbocycles.